The van der Waals surface area contributed by atoms with Crippen molar-refractivity contribution in [3.63, 3.8) is 0 Å². The summed E-state index contributed by atoms with van der Waals surface area (Å²) in [5, 5.41) is 29.0. The van der Waals surface area contributed by atoms with E-state index in [2.05, 4.69) is 29.8 Å². The minimum Gasteiger partial charge on any atom is -0.467 e. The van der Waals surface area contributed by atoms with Crippen LogP contribution < -0.4 is 20.8 Å². The van der Waals surface area contributed by atoms with Crippen molar-refractivity contribution in [3.8, 4) is 6.07 Å². The van der Waals surface area contributed by atoms with Crippen LogP contribution in [-0.4, -0.2) is 144 Å². The molecule has 0 unspecified atom stereocenters. The molecule has 18 nitrogen and oxygen atoms in total. The van der Waals surface area contributed by atoms with E-state index in [0.29, 0.717) is 5.56 Å². The number of rotatable bonds is 32. The van der Waals surface area contributed by atoms with Gasteiger partial charge in [0.15, 0.2) is 0 Å². The molecular formula is C54H88N8O10. The Morgan fingerprint density at radius 2 is 1.14 bits per heavy atom. The molecule has 2 rings (SSSR count). The summed E-state index contributed by atoms with van der Waals surface area (Å²) in [6.45, 7) is 17.3. The van der Waals surface area contributed by atoms with Crippen molar-refractivity contribution in [1.82, 2.24) is 35.4 Å². The Morgan fingerprint density at radius 1 is 0.667 bits per heavy atom. The van der Waals surface area contributed by atoms with Crippen LogP contribution in [0.3, 0.4) is 0 Å². The van der Waals surface area contributed by atoms with Crippen LogP contribution in [0, 0.1) is 35.0 Å². The highest BCUT2D eigenvalue weighted by Gasteiger charge is 2.40. The second-order valence-electron chi connectivity index (χ2n) is 20.6. The van der Waals surface area contributed by atoms with E-state index in [4.69, 9.17) is 14.8 Å². The number of amides is 6. The zero-order valence-corrected chi connectivity index (χ0v) is 45.8. The summed E-state index contributed by atoms with van der Waals surface area (Å²) in [6.07, 6.45) is 6.18. The topological polar surface area (TPSA) is 233 Å². The van der Waals surface area contributed by atoms with Crippen molar-refractivity contribution >= 4 is 52.3 Å². The van der Waals surface area contributed by atoms with Crippen molar-refractivity contribution in [3.05, 3.63) is 36.0 Å². The van der Waals surface area contributed by atoms with Gasteiger partial charge in [0, 0.05) is 45.6 Å². The lowest BCUT2D eigenvalue weighted by Crippen LogP contribution is -2.60. The zero-order valence-electron chi connectivity index (χ0n) is 45.8. The van der Waals surface area contributed by atoms with E-state index in [9.17, 15) is 29.1 Å². The van der Waals surface area contributed by atoms with Crippen LogP contribution in [0.4, 0.5) is 0 Å². The molecule has 72 heavy (non-hydrogen) atoms. The molecule has 1 heterocycles. The Labute approximate surface area is 429 Å². The van der Waals surface area contributed by atoms with Gasteiger partial charge < -0.3 is 45.3 Å². The lowest BCUT2D eigenvalue weighted by Gasteiger charge is -2.36. The molecule has 18 heteroatoms. The van der Waals surface area contributed by atoms with E-state index >= 15 is 9.59 Å². The Bertz CT molecular complexity index is 2120. The minimum absolute atomic E-state index is 0.00295. The number of nitrogens with zero attached hydrogens (tertiary/aromatic N) is 5. The molecule has 0 aliphatic heterocycles. The van der Waals surface area contributed by atoms with Crippen molar-refractivity contribution in [2.75, 3.05) is 35.4 Å². The van der Waals surface area contributed by atoms with Crippen molar-refractivity contribution in [2.45, 2.75) is 188 Å². The van der Waals surface area contributed by atoms with Gasteiger partial charge in [-0.1, -0.05) is 112 Å². The predicted molar refractivity (Wildman–Crippen MR) is 278 cm³/mol. The highest BCUT2D eigenvalue weighted by atomic mass is 16.6. The molecule has 404 valence electrons. The van der Waals surface area contributed by atoms with Gasteiger partial charge in [-0.25, -0.2) is 4.79 Å². The highest BCUT2D eigenvalue weighted by Crippen LogP contribution is 2.25. The molecule has 1 aromatic heterocycles. The number of aromatic nitrogens is 1. The van der Waals surface area contributed by atoms with Crippen LogP contribution in [-0.2, 0) is 44.7 Å². The second-order valence-corrected chi connectivity index (χ2v) is 20.6. The van der Waals surface area contributed by atoms with Crippen LogP contribution in [0.2, 0.25) is 0 Å². The predicted octanol–water partition coefficient (Wildman–Crippen LogP) is 5.56. The fraction of sp³-hybridized carbons (Fsp3) is 0.704. The maximum Gasteiger partial charge on any atom is 0.328 e. The van der Waals surface area contributed by atoms with Gasteiger partial charge in [0.1, 0.15) is 49.5 Å². The average molecular weight is 1010 g/mol. The molecule has 9 atom stereocenters. The molecular weight excluding hydrogens is 921 g/mol. The van der Waals surface area contributed by atoms with E-state index in [1.54, 1.807) is 17.9 Å². The van der Waals surface area contributed by atoms with E-state index in [1.807, 2.05) is 71.9 Å². The standard InChI is InChI=1S/C54H88N8O10/c1-15-17-22-36(7)30-42(51(67)59(10)38(9)54(70)71-13)57-49(65)46(32-39-33-62(72-14)44-25-20-19-24-40(39)44)61(12)52(68)41(28-34(3)4)56-48(64)45(29-35(5)6)60(11)53(69)43(31-37(8)23-18-16-2)58-50(66)47(63)26-21-27-55/h19-20,24-25,33-38,41-43,45-47,63H,15-18,21-23,26,28-32H2,1-14H3,(H,56,64)(H,57,65)(H,58,66)/t36-,37-,38+,41+,42+,43+,45+,46+,47-/m1/s1. The Balaban J connectivity index is 2.70. The molecule has 1 aromatic carbocycles. The fourth-order valence-corrected chi connectivity index (χ4v) is 9.01. The van der Waals surface area contributed by atoms with Crippen LogP contribution in [0.25, 0.3) is 10.9 Å². The van der Waals surface area contributed by atoms with Crippen molar-refractivity contribution in [1.29, 1.82) is 5.26 Å². The molecule has 6 amide bonds. The number of esters is 1. The quantitative estimate of drug-likeness (QED) is 0.0663. The molecule has 0 aliphatic carbocycles. The first-order valence-corrected chi connectivity index (χ1v) is 25.9. The van der Waals surface area contributed by atoms with Gasteiger partial charge in [0.2, 0.25) is 35.4 Å². The summed E-state index contributed by atoms with van der Waals surface area (Å²) < 4.78 is 6.50. The summed E-state index contributed by atoms with van der Waals surface area (Å²) >= 11 is 0. The highest BCUT2D eigenvalue weighted by molar-refractivity contribution is 5.97. The molecule has 0 radical (unpaired) electrons. The van der Waals surface area contributed by atoms with Crippen molar-refractivity contribution in [2.24, 2.45) is 23.7 Å². The fourth-order valence-electron chi connectivity index (χ4n) is 9.01. The van der Waals surface area contributed by atoms with Gasteiger partial charge >= 0.3 is 5.97 Å². The van der Waals surface area contributed by atoms with Gasteiger partial charge in [-0.3, -0.25) is 28.8 Å². The lowest BCUT2D eigenvalue weighted by atomic mass is 9.94. The number of fused-ring (bicyclic) bond motifs is 1. The maximum absolute atomic E-state index is 15.1. The molecule has 0 saturated heterocycles. The number of carbonyl (C=O) groups excluding carboxylic acids is 7. The lowest BCUT2D eigenvalue weighted by molar-refractivity contribution is -0.152. The number of aliphatic hydroxyl groups is 1. The van der Waals surface area contributed by atoms with Gasteiger partial charge in [-0.05, 0) is 74.3 Å². The molecule has 0 aliphatic rings. The number of likely N-dealkylation sites (N-methyl/N-ethyl adjacent to an activating group) is 3. The maximum atomic E-state index is 15.1. The van der Waals surface area contributed by atoms with Crippen LogP contribution in [0.5, 0.6) is 0 Å². The number of nitrogens with one attached hydrogen (secondary N) is 3. The number of benzene rings is 1. The van der Waals surface area contributed by atoms with Crippen molar-refractivity contribution < 1.29 is 48.2 Å². The van der Waals surface area contributed by atoms with Gasteiger partial charge in [0.05, 0.1) is 18.7 Å². The smallest absolute Gasteiger partial charge is 0.328 e. The summed E-state index contributed by atoms with van der Waals surface area (Å²) in [4.78, 5) is 109. The summed E-state index contributed by atoms with van der Waals surface area (Å²) in [5.74, 6) is -4.49. The van der Waals surface area contributed by atoms with E-state index in [0.717, 1.165) is 49.4 Å². The first-order chi connectivity index (χ1) is 34.0. The zero-order chi connectivity index (χ0) is 54.4. The molecule has 4 N–H and O–H groups in total. The van der Waals surface area contributed by atoms with Crippen LogP contribution in [0.15, 0.2) is 30.5 Å². The molecule has 0 spiro atoms. The third-order valence-corrected chi connectivity index (χ3v) is 13.5. The van der Waals surface area contributed by atoms with E-state index < -0.39 is 83.8 Å². The number of ether oxygens (including phenoxy) is 1. The molecule has 0 fully saturated rings. The number of nitriles is 1. The number of hydrogen-bond acceptors (Lipinski definition) is 11. The normalized spacial score (nSPS) is 15.2. The third-order valence-electron chi connectivity index (χ3n) is 13.5. The Morgan fingerprint density at radius 3 is 1.62 bits per heavy atom. The molecule has 2 aromatic rings. The van der Waals surface area contributed by atoms with E-state index in [1.165, 1.54) is 50.1 Å². The van der Waals surface area contributed by atoms with Gasteiger partial charge in [0.25, 0.3) is 0 Å². The third kappa shape index (κ3) is 18.7. The Hall–Kier alpha value is -5.70. The summed E-state index contributed by atoms with van der Waals surface area (Å²) in [6, 6.07) is 2.76. The number of carbonyl (C=O) groups is 7. The number of aliphatic hydroxyl groups excluding tert-OH is 1. The van der Waals surface area contributed by atoms with Crippen LogP contribution >= 0.6 is 0 Å². The van der Waals surface area contributed by atoms with Gasteiger partial charge in [-0.2, -0.15) is 9.99 Å². The van der Waals surface area contributed by atoms with Gasteiger partial charge in [-0.15, -0.1) is 0 Å². The Kier molecular flexibility index (Phi) is 26.9. The summed E-state index contributed by atoms with van der Waals surface area (Å²) in [5.41, 5.74) is 1.40. The number of unbranched alkanes of at least 4 members (excludes halogenated alkanes) is 2. The summed E-state index contributed by atoms with van der Waals surface area (Å²) in [7, 11) is 7.22. The first kappa shape index (κ1) is 62.4. The van der Waals surface area contributed by atoms with E-state index in [-0.39, 0.29) is 68.6 Å². The second kappa shape index (κ2) is 31.0. The molecule has 0 saturated carbocycles. The number of para-hydroxylation sites is 1. The van der Waals surface area contributed by atoms with Crippen LogP contribution in [0.1, 0.15) is 145 Å². The minimum atomic E-state index is -1.51. The SMILES string of the molecule is CCCC[C@@H](C)C[C@H](NC(=O)[C@H](Cc1cn(OC)c2ccccc12)N(C)C(=O)[C@H](CC(C)C)NC(=O)[C@H](CC(C)C)N(C)C(=O)[C@H](C[C@H](C)CCCC)NC(=O)[C@H](O)CCC#N)C(=O)N(C)[C@@H](C)C(=O)OC. The first-order valence-electron chi connectivity index (χ1n) is 25.9. The number of methoxy groups -OCH3 is 1. The number of hydrogen-bond donors (Lipinski definition) is 4. The monoisotopic (exact) mass is 1010 g/mol. The average Bonchev–Trinajstić information content (AvgIpc) is 3.71. The largest absolute Gasteiger partial charge is 0.467 e. The molecule has 0 bridgehead atoms.